The highest BCUT2D eigenvalue weighted by Crippen LogP contribution is 2.05. The van der Waals surface area contributed by atoms with Crippen molar-refractivity contribution in [1.82, 2.24) is 0 Å². The predicted octanol–water partition coefficient (Wildman–Crippen LogP) is 4.38. The zero-order chi connectivity index (χ0) is 12.6. The summed E-state index contributed by atoms with van der Waals surface area (Å²) in [5, 5.41) is 0. The summed E-state index contributed by atoms with van der Waals surface area (Å²) in [5.74, 6) is 0. The van der Waals surface area contributed by atoms with Crippen LogP contribution in [0.2, 0.25) is 0 Å². The fourth-order valence-electron chi connectivity index (χ4n) is 1.82. The molecule has 1 radical (unpaired) electrons. The first-order chi connectivity index (χ1) is 8.41. The van der Waals surface area contributed by atoms with Crippen molar-refractivity contribution in [2.45, 2.75) is 64.2 Å². The van der Waals surface area contributed by atoms with Crippen molar-refractivity contribution in [1.29, 1.82) is 0 Å². The van der Waals surface area contributed by atoms with Crippen molar-refractivity contribution >= 4 is 0 Å². The van der Waals surface area contributed by atoms with E-state index in [9.17, 15) is 0 Å². The number of hydrogen-bond acceptors (Lipinski definition) is 2. The molecule has 0 aromatic rings. The van der Waals surface area contributed by atoms with Gasteiger partial charge in [-0.25, -0.2) is 0 Å². The molecule has 0 rings (SSSR count). The maximum absolute atomic E-state index is 5.60. The van der Waals surface area contributed by atoms with Crippen LogP contribution in [0.15, 0.2) is 0 Å². The monoisotopic (exact) mass is 243 g/mol. The lowest BCUT2D eigenvalue weighted by molar-refractivity contribution is 0.125. The van der Waals surface area contributed by atoms with Gasteiger partial charge in [-0.15, -0.1) is 0 Å². The molecule has 0 unspecified atom stereocenters. The van der Waals surface area contributed by atoms with Gasteiger partial charge in [0.1, 0.15) is 0 Å². The number of rotatable bonds is 14. The van der Waals surface area contributed by atoms with E-state index in [2.05, 4.69) is 6.92 Å². The second-order valence-corrected chi connectivity index (χ2v) is 4.64. The van der Waals surface area contributed by atoms with E-state index >= 15 is 0 Å². The summed E-state index contributed by atoms with van der Waals surface area (Å²) in [6.45, 7) is 6.64. The van der Waals surface area contributed by atoms with Crippen molar-refractivity contribution in [3.8, 4) is 0 Å². The van der Waals surface area contributed by atoms with E-state index in [0.29, 0.717) is 0 Å². The van der Waals surface area contributed by atoms with E-state index < -0.39 is 0 Å². The third-order valence-electron chi connectivity index (χ3n) is 2.93. The quantitative estimate of drug-likeness (QED) is 0.421. The third kappa shape index (κ3) is 15.9. The normalized spacial score (nSPS) is 10.9. The minimum absolute atomic E-state index is 0.907. The highest BCUT2D eigenvalue weighted by Gasteiger charge is 1.92. The van der Waals surface area contributed by atoms with Gasteiger partial charge >= 0.3 is 0 Å². The molecule has 0 heterocycles. The molecule has 0 aliphatic carbocycles. The van der Waals surface area contributed by atoms with E-state index in [-0.39, 0.29) is 0 Å². The lowest BCUT2D eigenvalue weighted by Gasteiger charge is -2.04. The Kier molecular flexibility index (Phi) is 15.8. The molecule has 0 aliphatic rings. The molecule has 103 valence electrons. The topological polar surface area (TPSA) is 18.5 Å². The second-order valence-electron chi connectivity index (χ2n) is 4.64. The van der Waals surface area contributed by atoms with Crippen LogP contribution >= 0.6 is 0 Å². The van der Waals surface area contributed by atoms with Crippen molar-refractivity contribution in [2.24, 2.45) is 0 Å². The fourth-order valence-corrected chi connectivity index (χ4v) is 1.82. The van der Waals surface area contributed by atoms with Crippen molar-refractivity contribution in [2.75, 3.05) is 26.9 Å². The predicted molar refractivity (Wildman–Crippen MR) is 74.2 cm³/mol. The number of hydrogen-bond donors (Lipinski definition) is 0. The van der Waals surface area contributed by atoms with Gasteiger partial charge in [0.15, 0.2) is 0 Å². The summed E-state index contributed by atoms with van der Waals surface area (Å²) in [6, 6.07) is 0. The highest BCUT2D eigenvalue weighted by molar-refractivity contribution is 4.46. The Morgan fingerprint density at radius 2 is 1.12 bits per heavy atom. The Morgan fingerprint density at radius 1 is 0.647 bits per heavy atom. The van der Waals surface area contributed by atoms with Crippen LogP contribution in [0, 0.1) is 6.92 Å². The Hall–Kier alpha value is -0.0800. The first kappa shape index (κ1) is 16.9. The molecule has 0 N–H and O–H groups in total. The first-order valence-corrected chi connectivity index (χ1v) is 7.27. The average Bonchev–Trinajstić information content (AvgIpc) is 2.35. The lowest BCUT2D eigenvalue weighted by Crippen LogP contribution is -1.97. The van der Waals surface area contributed by atoms with Crippen LogP contribution in [0.25, 0.3) is 0 Å². The van der Waals surface area contributed by atoms with Gasteiger partial charge in [0.05, 0.1) is 0 Å². The summed E-state index contributed by atoms with van der Waals surface area (Å²) in [4.78, 5) is 0. The smallest absolute Gasteiger partial charge is 0.0466 e. The van der Waals surface area contributed by atoms with Gasteiger partial charge in [-0.1, -0.05) is 51.9 Å². The Morgan fingerprint density at radius 3 is 1.65 bits per heavy atom. The molecule has 2 heteroatoms. The summed E-state index contributed by atoms with van der Waals surface area (Å²) in [6.07, 6.45) is 12.5. The molecule has 0 aromatic heterocycles. The Balaban J connectivity index is 2.85. The minimum Gasteiger partial charge on any atom is -0.385 e. The molecule has 2 nitrogen and oxygen atoms in total. The summed E-state index contributed by atoms with van der Waals surface area (Å²) >= 11 is 0. The number of unbranched alkanes of at least 4 members (excludes halogenated alkanes) is 8. The van der Waals surface area contributed by atoms with Crippen LogP contribution in [0.4, 0.5) is 0 Å². The van der Waals surface area contributed by atoms with Gasteiger partial charge in [0, 0.05) is 26.9 Å². The van der Waals surface area contributed by atoms with Gasteiger partial charge in [-0.2, -0.15) is 0 Å². The molecule has 0 amide bonds. The standard InChI is InChI=1S/C15H31O2/c1-3-4-5-7-11-14-17-15-12-9-6-8-10-13-16-2/h1,3-15H2,2H3. The van der Waals surface area contributed by atoms with Crippen LogP contribution in [0.3, 0.4) is 0 Å². The van der Waals surface area contributed by atoms with Crippen LogP contribution in [-0.2, 0) is 9.47 Å². The highest BCUT2D eigenvalue weighted by atomic mass is 16.5. The molecule has 0 fully saturated rings. The second kappa shape index (κ2) is 15.9. The Labute approximate surface area is 108 Å². The molecule has 0 aliphatic heterocycles. The average molecular weight is 243 g/mol. The maximum Gasteiger partial charge on any atom is 0.0466 e. The molecule has 0 spiro atoms. The van der Waals surface area contributed by atoms with E-state index in [1.165, 1.54) is 57.8 Å². The number of ether oxygens (including phenoxy) is 2. The number of methoxy groups -OCH3 is 1. The molecule has 0 saturated heterocycles. The van der Waals surface area contributed by atoms with Crippen molar-refractivity contribution in [3.05, 3.63) is 6.92 Å². The zero-order valence-corrected chi connectivity index (χ0v) is 11.7. The Bertz CT molecular complexity index is 112. The summed E-state index contributed by atoms with van der Waals surface area (Å²) in [7, 11) is 1.77. The van der Waals surface area contributed by atoms with E-state index in [0.717, 1.165) is 26.2 Å². The van der Waals surface area contributed by atoms with Gasteiger partial charge in [-0.3, -0.25) is 0 Å². The van der Waals surface area contributed by atoms with Crippen LogP contribution in [-0.4, -0.2) is 26.9 Å². The SMILES string of the molecule is [CH2]CCCCCCOCCCCCCCOC. The minimum atomic E-state index is 0.907. The largest absolute Gasteiger partial charge is 0.385 e. The molecular weight excluding hydrogens is 212 g/mol. The lowest BCUT2D eigenvalue weighted by atomic mass is 10.1. The molecule has 0 aromatic carbocycles. The van der Waals surface area contributed by atoms with Gasteiger partial charge in [0.25, 0.3) is 0 Å². The maximum atomic E-state index is 5.60. The van der Waals surface area contributed by atoms with E-state index in [1.807, 2.05) is 0 Å². The molecule has 0 saturated carbocycles. The molecule has 0 atom stereocenters. The zero-order valence-electron chi connectivity index (χ0n) is 11.7. The fraction of sp³-hybridized carbons (Fsp3) is 0.933. The van der Waals surface area contributed by atoms with Gasteiger partial charge in [-0.05, 0) is 19.3 Å². The summed E-state index contributed by atoms with van der Waals surface area (Å²) in [5.41, 5.74) is 0. The van der Waals surface area contributed by atoms with Crippen molar-refractivity contribution < 1.29 is 9.47 Å². The van der Waals surface area contributed by atoms with Crippen LogP contribution in [0.5, 0.6) is 0 Å². The van der Waals surface area contributed by atoms with Gasteiger partial charge in [0.2, 0.25) is 0 Å². The molecule has 0 bridgehead atoms. The van der Waals surface area contributed by atoms with Crippen LogP contribution < -0.4 is 0 Å². The third-order valence-corrected chi connectivity index (χ3v) is 2.93. The van der Waals surface area contributed by atoms with E-state index in [4.69, 9.17) is 9.47 Å². The van der Waals surface area contributed by atoms with Crippen molar-refractivity contribution in [3.63, 3.8) is 0 Å². The van der Waals surface area contributed by atoms with Gasteiger partial charge < -0.3 is 9.47 Å². The molecular formula is C15H31O2. The molecule has 17 heavy (non-hydrogen) atoms. The first-order valence-electron chi connectivity index (χ1n) is 7.27. The van der Waals surface area contributed by atoms with E-state index in [1.54, 1.807) is 7.11 Å². The summed E-state index contributed by atoms with van der Waals surface area (Å²) < 4.78 is 10.6. The van der Waals surface area contributed by atoms with Crippen LogP contribution in [0.1, 0.15) is 64.2 Å².